The van der Waals surface area contributed by atoms with Gasteiger partial charge in [0.2, 0.25) is 11.7 Å². The molecule has 0 aliphatic heterocycles. The van der Waals surface area contributed by atoms with Gasteiger partial charge in [0, 0.05) is 12.7 Å². The zero-order valence-corrected chi connectivity index (χ0v) is 11.9. The number of para-hydroxylation sites is 1. The normalized spacial score (nSPS) is 10.6. The third-order valence-corrected chi connectivity index (χ3v) is 3.06. The molecule has 3 rings (SSSR count). The Morgan fingerprint density at radius 3 is 2.57 bits per heavy atom. The summed E-state index contributed by atoms with van der Waals surface area (Å²) in [5.41, 5.74) is 2.55. The lowest BCUT2D eigenvalue weighted by molar-refractivity contribution is 0.378. The minimum Gasteiger partial charge on any atom is -0.365 e. The Balaban J connectivity index is 1.75. The highest BCUT2D eigenvalue weighted by Crippen LogP contribution is 2.16. The summed E-state index contributed by atoms with van der Waals surface area (Å²) in [6.07, 6.45) is 0. The average molecular weight is 281 g/mol. The van der Waals surface area contributed by atoms with Gasteiger partial charge >= 0.3 is 0 Å². The molecule has 0 N–H and O–H groups in total. The molecule has 6 nitrogen and oxygen atoms in total. The molecule has 106 valence electrons. The molecule has 0 bridgehead atoms. The standard InChI is InChI=1S/C15H15N5O/c1-11-8-9-13(18-17-11)15-16-14(21-19-15)10-20(2)12-6-4-3-5-7-12/h3-9H,10H2,1-2H3. The molecule has 0 aliphatic rings. The molecule has 0 atom stereocenters. The average Bonchev–Trinajstić information content (AvgIpc) is 2.97. The first kappa shape index (κ1) is 13.2. The van der Waals surface area contributed by atoms with E-state index in [2.05, 4.69) is 20.3 Å². The predicted molar refractivity (Wildman–Crippen MR) is 78.6 cm³/mol. The Bertz CT molecular complexity index is 708. The van der Waals surface area contributed by atoms with E-state index < -0.39 is 0 Å². The maximum Gasteiger partial charge on any atom is 0.246 e. The maximum atomic E-state index is 5.27. The first-order chi connectivity index (χ1) is 10.2. The molecule has 0 fully saturated rings. The van der Waals surface area contributed by atoms with Crippen LogP contribution >= 0.6 is 0 Å². The number of aromatic nitrogens is 4. The van der Waals surface area contributed by atoms with Crippen LogP contribution in [0.2, 0.25) is 0 Å². The van der Waals surface area contributed by atoms with E-state index in [0.29, 0.717) is 24.0 Å². The summed E-state index contributed by atoms with van der Waals surface area (Å²) in [6, 6.07) is 13.7. The zero-order valence-electron chi connectivity index (χ0n) is 11.9. The third-order valence-electron chi connectivity index (χ3n) is 3.06. The second-order valence-corrected chi connectivity index (χ2v) is 4.76. The van der Waals surface area contributed by atoms with Crippen molar-refractivity contribution in [2.75, 3.05) is 11.9 Å². The molecule has 0 radical (unpaired) electrons. The minimum absolute atomic E-state index is 0.457. The number of rotatable bonds is 4. The molecule has 2 heterocycles. The van der Waals surface area contributed by atoms with Crippen LogP contribution in [-0.2, 0) is 6.54 Å². The Morgan fingerprint density at radius 2 is 1.86 bits per heavy atom. The van der Waals surface area contributed by atoms with Crippen LogP contribution in [0.5, 0.6) is 0 Å². The second-order valence-electron chi connectivity index (χ2n) is 4.76. The van der Waals surface area contributed by atoms with Gasteiger partial charge < -0.3 is 9.42 Å². The molecule has 2 aromatic heterocycles. The van der Waals surface area contributed by atoms with Crippen LogP contribution in [0.1, 0.15) is 11.6 Å². The summed E-state index contributed by atoms with van der Waals surface area (Å²) in [7, 11) is 1.98. The highest BCUT2D eigenvalue weighted by atomic mass is 16.5. The zero-order chi connectivity index (χ0) is 14.7. The van der Waals surface area contributed by atoms with Crippen molar-refractivity contribution in [3.8, 4) is 11.5 Å². The molecule has 3 aromatic rings. The van der Waals surface area contributed by atoms with E-state index in [0.717, 1.165) is 11.4 Å². The van der Waals surface area contributed by atoms with Gasteiger partial charge in [-0.05, 0) is 31.2 Å². The Labute approximate surface area is 122 Å². The van der Waals surface area contributed by atoms with E-state index in [1.165, 1.54) is 0 Å². The lowest BCUT2D eigenvalue weighted by Gasteiger charge is -2.16. The van der Waals surface area contributed by atoms with E-state index in [1.807, 2.05) is 61.3 Å². The fraction of sp³-hybridized carbons (Fsp3) is 0.200. The SMILES string of the molecule is Cc1ccc(-c2noc(CN(C)c3ccccc3)n2)nn1. The van der Waals surface area contributed by atoms with Gasteiger partial charge in [0.15, 0.2) is 0 Å². The highest BCUT2D eigenvalue weighted by Gasteiger charge is 2.12. The number of anilines is 1. The van der Waals surface area contributed by atoms with Gasteiger partial charge in [-0.15, -0.1) is 5.10 Å². The van der Waals surface area contributed by atoms with Crippen molar-refractivity contribution in [2.24, 2.45) is 0 Å². The fourth-order valence-electron chi connectivity index (χ4n) is 1.92. The minimum atomic E-state index is 0.457. The van der Waals surface area contributed by atoms with Crippen molar-refractivity contribution in [1.82, 2.24) is 20.3 Å². The molecule has 0 saturated carbocycles. The van der Waals surface area contributed by atoms with Crippen molar-refractivity contribution >= 4 is 5.69 Å². The van der Waals surface area contributed by atoms with Gasteiger partial charge in [-0.3, -0.25) is 0 Å². The molecular weight excluding hydrogens is 266 g/mol. The van der Waals surface area contributed by atoms with Gasteiger partial charge in [-0.2, -0.15) is 10.1 Å². The van der Waals surface area contributed by atoms with Crippen LogP contribution in [0.15, 0.2) is 47.0 Å². The Kier molecular flexibility index (Phi) is 3.59. The quantitative estimate of drug-likeness (QED) is 0.731. The van der Waals surface area contributed by atoms with Crippen molar-refractivity contribution in [3.05, 3.63) is 54.0 Å². The fourth-order valence-corrected chi connectivity index (χ4v) is 1.92. The van der Waals surface area contributed by atoms with Gasteiger partial charge in [0.1, 0.15) is 5.69 Å². The smallest absolute Gasteiger partial charge is 0.246 e. The molecule has 0 saturated heterocycles. The van der Waals surface area contributed by atoms with E-state index in [9.17, 15) is 0 Å². The summed E-state index contributed by atoms with van der Waals surface area (Å²) in [6.45, 7) is 2.42. The van der Waals surface area contributed by atoms with Crippen LogP contribution in [0.4, 0.5) is 5.69 Å². The molecule has 6 heteroatoms. The summed E-state index contributed by atoms with van der Waals surface area (Å²) in [4.78, 5) is 6.39. The lowest BCUT2D eigenvalue weighted by atomic mass is 10.3. The van der Waals surface area contributed by atoms with E-state index >= 15 is 0 Å². The number of benzene rings is 1. The van der Waals surface area contributed by atoms with Crippen molar-refractivity contribution in [1.29, 1.82) is 0 Å². The lowest BCUT2D eigenvalue weighted by Crippen LogP contribution is -2.16. The second kappa shape index (κ2) is 5.70. The monoisotopic (exact) mass is 281 g/mol. The Hall–Kier alpha value is -2.76. The van der Waals surface area contributed by atoms with Crippen LogP contribution < -0.4 is 4.90 Å². The van der Waals surface area contributed by atoms with Crippen LogP contribution in [0.3, 0.4) is 0 Å². The van der Waals surface area contributed by atoms with Crippen molar-refractivity contribution in [2.45, 2.75) is 13.5 Å². The first-order valence-corrected chi connectivity index (χ1v) is 6.62. The van der Waals surface area contributed by atoms with Crippen LogP contribution in [0, 0.1) is 6.92 Å². The number of aryl methyl sites for hydroxylation is 1. The number of hydrogen-bond acceptors (Lipinski definition) is 6. The van der Waals surface area contributed by atoms with E-state index in [-0.39, 0.29) is 0 Å². The molecule has 0 amide bonds. The topological polar surface area (TPSA) is 67.9 Å². The van der Waals surface area contributed by atoms with Gasteiger partial charge in [0.25, 0.3) is 0 Å². The summed E-state index contributed by atoms with van der Waals surface area (Å²) in [5.74, 6) is 0.998. The van der Waals surface area contributed by atoms with Crippen molar-refractivity contribution < 1.29 is 4.52 Å². The maximum absolute atomic E-state index is 5.27. The van der Waals surface area contributed by atoms with Crippen LogP contribution in [0.25, 0.3) is 11.5 Å². The van der Waals surface area contributed by atoms with E-state index in [4.69, 9.17) is 4.52 Å². The van der Waals surface area contributed by atoms with Gasteiger partial charge in [-0.1, -0.05) is 23.4 Å². The predicted octanol–water partition coefficient (Wildman–Crippen LogP) is 2.47. The first-order valence-electron chi connectivity index (χ1n) is 6.62. The Morgan fingerprint density at radius 1 is 1.05 bits per heavy atom. The highest BCUT2D eigenvalue weighted by molar-refractivity contribution is 5.47. The molecule has 0 aliphatic carbocycles. The van der Waals surface area contributed by atoms with Crippen molar-refractivity contribution in [3.63, 3.8) is 0 Å². The van der Waals surface area contributed by atoms with Crippen LogP contribution in [-0.4, -0.2) is 27.4 Å². The molecular formula is C15H15N5O. The van der Waals surface area contributed by atoms with Gasteiger partial charge in [0.05, 0.1) is 12.2 Å². The third kappa shape index (κ3) is 3.05. The summed E-state index contributed by atoms with van der Waals surface area (Å²) < 4.78 is 5.27. The number of nitrogens with zero attached hydrogens (tertiary/aromatic N) is 5. The van der Waals surface area contributed by atoms with Gasteiger partial charge in [-0.25, -0.2) is 0 Å². The summed E-state index contributed by atoms with van der Waals surface area (Å²) >= 11 is 0. The molecule has 1 aromatic carbocycles. The molecule has 0 unspecified atom stereocenters. The molecule has 0 spiro atoms. The van der Waals surface area contributed by atoms with E-state index in [1.54, 1.807) is 0 Å². The summed E-state index contributed by atoms with van der Waals surface area (Å²) in [5, 5.41) is 12.0. The molecule has 21 heavy (non-hydrogen) atoms. The largest absolute Gasteiger partial charge is 0.365 e. The number of hydrogen-bond donors (Lipinski definition) is 0.